The fraction of sp³-hybridized carbons (Fsp3) is 0.333. The summed E-state index contributed by atoms with van der Waals surface area (Å²) < 4.78 is 1.11. The van der Waals surface area contributed by atoms with E-state index in [4.69, 9.17) is 5.73 Å². The molecule has 0 saturated heterocycles. The van der Waals surface area contributed by atoms with E-state index in [0.29, 0.717) is 5.92 Å². The SMILES string of the molecule is Cc1c(Br)cccc1C(N)c1ccc(CC(C)C)cc1. The zero-order valence-electron chi connectivity index (χ0n) is 12.4. The average Bonchev–Trinajstić information content (AvgIpc) is 2.41. The summed E-state index contributed by atoms with van der Waals surface area (Å²) in [7, 11) is 0. The summed E-state index contributed by atoms with van der Waals surface area (Å²) in [5.41, 5.74) is 11.3. The lowest BCUT2D eigenvalue weighted by atomic mass is 9.94. The molecule has 2 aromatic rings. The van der Waals surface area contributed by atoms with E-state index in [-0.39, 0.29) is 6.04 Å². The molecule has 0 saturated carbocycles. The van der Waals surface area contributed by atoms with Gasteiger partial charge in [0, 0.05) is 4.47 Å². The molecular formula is C18H22BrN. The molecule has 2 N–H and O–H groups in total. The molecule has 0 heterocycles. The Morgan fingerprint density at radius 3 is 2.30 bits per heavy atom. The summed E-state index contributed by atoms with van der Waals surface area (Å²) >= 11 is 3.57. The van der Waals surface area contributed by atoms with E-state index in [0.717, 1.165) is 10.9 Å². The Hall–Kier alpha value is -1.12. The highest BCUT2D eigenvalue weighted by Crippen LogP contribution is 2.27. The maximum absolute atomic E-state index is 6.42. The molecule has 2 rings (SSSR count). The van der Waals surface area contributed by atoms with Crippen molar-refractivity contribution >= 4 is 15.9 Å². The third kappa shape index (κ3) is 3.50. The summed E-state index contributed by atoms with van der Waals surface area (Å²) in [5.74, 6) is 0.682. The van der Waals surface area contributed by atoms with Gasteiger partial charge in [-0.1, -0.05) is 66.2 Å². The topological polar surface area (TPSA) is 26.0 Å². The number of nitrogens with two attached hydrogens (primary N) is 1. The lowest BCUT2D eigenvalue weighted by Crippen LogP contribution is -2.13. The van der Waals surface area contributed by atoms with Crippen LogP contribution in [0.15, 0.2) is 46.9 Å². The Morgan fingerprint density at radius 1 is 1.05 bits per heavy atom. The standard InChI is InChI=1S/C18H22BrN/c1-12(2)11-14-7-9-15(10-8-14)18(20)16-5-4-6-17(19)13(16)3/h4-10,12,18H,11,20H2,1-3H3. The fourth-order valence-corrected chi connectivity index (χ4v) is 2.85. The predicted molar refractivity (Wildman–Crippen MR) is 89.9 cm³/mol. The molecule has 106 valence electrons. The summed E-state index contributed by atoms with van der Waals surface area (Å²) in [6, 6.07) is 14.8. The third-order valence-corrected chi connectivity index (χ3v) is 4.49. The molecule has 0 aliphatic rings. The van der Waals surface area contributed by atoms with Crippen LogP contribution >= 0.6 is 15.9 Å². The molecule has 1 unspecified atom stereocenters. The molecule has 0 fully saturated rings. The highest BCUT2D eigenvalue weighted by molar-refractivity contribution is 9.10. The number of rotatable bonds is 4. The average molecular weight is 332 g/mol. The summed E-state index contributed by atoms with van der Waals surface area (Å²) in [4.78, 5) is 0. The monoisotopic (exact) mass is 331 g/mol. The second-order valence-corrected chi connectivity index (χ2v) is 6.63. The van der Waals surface area contributed by atoms with Crippen molar-refractivity contribution in [3.05, 3.63) is 69.2 Å². The quantitative estimate of drug-likeness (QED) is 0.837. The Morgan fingerprint density at radius 2 is 1.70 bits per heavy atom. The van der Waals surface area contributed by atoms with Crippen LogP contribution in [0.25, 0.3) is 0 Å². The Bertz CT molecular complexity index is 572. The van der Waals surface area contributed by atoms with E-state index >= 15 is 0 Å². The first-order valence-electron chi connectivity index (χ1n) is 7.08. The van der Waals surface area contributed by atoms with Crippen molar-refractivity contribution in [2.24, 2.45) is 11.7 Å². The van der Waals surface area contributed by atoms with Crippen molar-refractivity contribution < 1.29 is 0 Å². The van der Waals surface area contributed by atoms with Gasteiger partial charge in [-0.2, -0.15) is 0 Å². The maximum atomic E-state index is 6.42. The van der Waals surface area contributed by atoms with E-state index in [1.807, 2.05) is 6.07 Å². The molecule has 2 heteroatoms. The highest BCUT2D eigenvalue weighted by atomic mass is 79.9. The first-order valence-corrected chi connectivity index (χ1v) is 7.87. The van der Waals surface area contributed by atoms with Gasteiger partial charge in [0.15, 0.2) is 0 Å². The number of hydrogen-bond acceptors (Lipinski definition) is 1. The van der Waals surface area contributed by atoms with Gasteiger partial charge >= 0.3 is 0 Å². The van der Waals surface area contributed by atoms with Crippen molar-refractivity contribution in [2.45, 2.75) is 33.2 Å². The van der Waals surface area contributed by atoms with E-state index in [9.17, 15) is 0 Å². The molecule has 0 radical (unpaired) electrons. The van der Waals surface area contributed by atoms with Gasteiger partial charge in [-0.15, -0.1) is 0 Å². The molecule has 0 aromatic heterocycles. The molecule has 0 aliphatic heterocycles. The van der Waals surface area contributed by atoms with Gasteiger partial charge in [0.2, 0.25) is 0 Å². The first-order chi connectivity index (χ1) is 9.49. The Labute approximate surface area is 130 Å². The van der Waals surface area contributed by atoms with Gasteiger partial charge in [-0.3, -0.25) is 0 Å². The van der Waals surface area contributed by atoms with Crippen LogP contribution in [0.3, 0.4) is 0 Å². The third-order valence-electron chi connectivity index (χ3n) is 3.63. The van der Waals surface area contributed by atoms with Crippen LogP contribution in [0.4, 0.5) is 0 Å². The molecule has 0 amide bonds. The van der Waals surface area contributed by atoms with Gasteiger partial charge in [-0.25, -0.2) is 0 Å². The van der Waals surface area contributed by atoms with Crippen LogP contribution in [0.5, 0.6) is 0 Å². The lowest BCUT2D eigenvalue weighted by Gasteiger charge is -2.17. The Balaban J connectivity index is 2.25. The summed E-state index contributed by atoms with van der Waals surface area (Å²) in [6.07, 6.45) is 1.12. The largest absolute Gasteiger partial charge is 0.320 e. The van der Waals surface area contributed by atoms with Crippen LogP contribution in [-0.4, -0.2) is 0 Å². The minimum atomic E-state index is -0.0689. The molecular weight excluding hydrogens is 310 g/mol. The van der Waals surface area contributed by atoms with Crippen LogP contribution in [0.1, 0.15) is 42.1 Å². The van der Waals surface area contributed by atoms with Crippen LogP contribution in [-0.2, 0) is 6.42 Å². The molecule has 20 heavy (non-hydrogen) atoms. The predicted octanol–water partition coefficient (Wildman–Crippen LogP) is 5.00. The van der Waals surface area contributed by atoms with E-state index in [2.05, 4.69) is 73.1 Å². The minimum absolute atomic E-state index is 0.0689. The van der Waals surface area contributed by atoms with E-state index in [1.54, 1.807) is 0 Å². The molecule has 1 nitrogen and oxygen atoms in total. The molecule has 0 bridgehead atoms. The Kier molecular flexibility index (Phi) is 5.00. The van der Waals surface area contributed by atoms with Crippen LogP contribution in [0.2, 0.25) is 0 Å². The van der Waals surface area contributed by atoms with Gasteiger partial charge in [0.25, 0.3) is 0 Å². The maximum Gasteiger partial charge on any atom is 0.0554 e. The first kappa shape index (κ1) is 15.3. The zero-order valence-corrected chi connectivity index (χ0v) is 13.9. The van der Waals surface area contributed by atoms with Gasteiger partial charge in [0.05, 0.1) is 6.04 Å². The minimum Gasteiger partial charge on any atom is -0.320 e. The normalized spacial score (nSPS) is 12.7. The fourth-order valence-electron chi connectivity index (χ4n) is 2.47. The summed E-state index contributed by atoms with van der Waals surface area (Å²) in [6.45, 7) is 6.58. The molecule has 0 spiro atoms. The highest BCUT2D eigenvalue weighted by Gasteiger charge is 2.12. The van der Waals surface area contributed by atoms with Crippen molar-refractivity contribution in [3.8, 4) is 0 Å². The van der Waals surface area contributed by atoms with Crippen molar-refractivity contribution in [1.82, 2.24) is 0 Å². The van der Waals surface area contributed by atoms with Gasteiger partial charge < -0.3 is 5.73 Å². The molecule has 1 atom stereocenters. The van der Waals surface area contributed by atoms with Crippen LogP contribution in [0, 0.1) is 12.8 Å². The zero-order chi connectivity index (χ0) is 14.7. The number of halogens is 1. The molecule has 2 aromatic carbocycles. The molecule has 0 aliphatic carbocycles. The van der Waals surface area contributed by atoms with E-state index < -0.39 is 0 Å². The lowest BCUT2D eigenvalue weighted by molar-refractivity contribution is 0.647. The van der Waals surface area contributed by atoms with Crippen molar-refractivity contribution in [3.63, 3.8) is 0 Å². The van der Waals surface area contributed by atoms with Gasteiger partial charge in [0.1, 0.15) is 0 Å². The van der Waals surface area contributed by atoms with Gasteiger partial charge in [-0.05, 0) is 47.6 Å². The van der Waals surface area contributed by atoms with E-state index in [1.165, 1.54) is 22.3 Å². The number of hydrogen-bond donors (Lipinski definition) is 1. The smallest absolute Gasteiger partial charge is 0.0554 e. The van der Waals surface area contributed by atoms with Crippen LogP contribution < -0.4 is 5.73 Å². The number of benzene rings is 2. The second kappa shape index (κ2) is 6.55. The van der Waals surface area contributed by atoms with Crippen molar-refractivity contribution in [1.29, 1.82) is 0 Å². The second-order valence-electron chi connectivity index (χ2n) is 5.77. The summed E-state index contributed by atoms with van der Waals surface area (Å²) in [5, 5.41) is 0. The van der Waals surface area contributed by atoms with Crippen molar-refractivity contribution in [2.75, 3.05) is 0 Å².